The maximum Gasteiger partial charge on any atom is 0.339 e. The van der Waals surface area contributed by atoms with Crippen molar-refractivity contribution in [1.82, 2.24) is 4.98 Å². The van der Waals surface area contributed by atoms with E-state index in [1.165, 1.54) is 19.4 Å². The molecule has 0 spiro atoms. The van der Waals surface area contributed by atoms with Crippen molar-refractivity contribution in [3.8, 4) is 0 Å². The number of ether oxygens (including phenoxy) is 1. The van der Waals surface area contributed by atoms with Crippen molar-refractivity contribution in [3.63, 3.8) is 0 Å². The van der Waals surface area contributed by atoms with E-state index in [1.54, 1.807) is 0 Å². The van der Waals surface area contributed by atoms with E-state index >= 15 is 0 Å². The molecule has 0 amide bonds. The third kappa shape index (κ3) is 1.81. The second kappa shape index (κ2) is 3.66. The highest BCUT2D eigenvalue weighted by molar-refractivity contribution is 5.92. The molecule has 1 aromatic rings. The van der Waals surface area contributed by atoms with Crippen LogP contribution >= 0.6 is 0 Å². The van der Waals surface area contributed by atoms with Crippen LogP contribution in [0.3, 0.4) is 0 Å². The van der Waals surface area contributed by atoms with E-state index in [-0.39, 0.29) is 16.9 Å². The van der Waals surface area contributed by atoms with Gasteiger partial charge in [0.25, 0.3) is 0 Å². The maximum atomic E-state index is 11.0. The number of aldehydes is 1. The van der Waals surface area contributed by atoms with Crippen molar-refractivity contribution >= 4 is 18.1 Å². The average molecular weight is 180 g/mol. The smallest absolute Gasteiger partial charge is 0.339 e. The molecule has 1 aromatic heterocycles. The molecule has 13 heavy (non-hydrogen) atoms. The van der Waals surface area contributed by atoms with Crippen LogP contribution in [0.5, 0.6) is 0 Å². The summed E-state index contributed by atoms with van der Waals surface area (Å²) >= 11 is 0. The fraction of sp³-hybridized carbons (Fsp3) is 0.125. The Morgan fingerprint density at radius 1 is 1.69 bits per heavy atom. The third-order valence-electron chi connectivity index (χ3n) is 1.50. The van der Waals surface area contributed by atoms with Crippen molar-refractivity contribution in [2.45, 2.75) is 0 Å². The minimum atomic E-state index is -0.546. The van der Waals surface area contributed by atoms with Gasteiger partial charge in [-0.25, -0.2) is 9.78 Å². The van der Waals surface area contributed by atoms with Gasteiger partial charge < -0.3 is 10.5 Å². The lowest BCUT2D eigenvalue weighted by molar-refractivity contribution is 0.0600. The first-order chi connectivity index (χ1) is 6.19. The highest BCUT2D eigenvalue weighted by atomic mass is 16.5. The highest BCUT2D eigenvalue weighted by Gasteiger charge is 2.08. The van der Waals surface area contributed by atoms with E-state index in [2.05, 4.69) is 9.72 Å². The van der Waals surface area contributed by atoms with Gasteiger partial charge in [-0.3, -0.25) is 4.79 Å². The molecular formula is C8H8N2O3. The number of carbonyl (C=O) groups excluding carboxylic acids is 2. The van der Waals surface area contributed by atoms with Crippen molar-refractivity contribution in [3.05, 3.63) is 23.4 Å². The third-order valence-corrected chi connectivity index (χ3v) is 1.50. The van der Waals surface area contributed by atoms with Gasteiger partial charge in [-0.05, 0) is 6.07 Å². The standard InChI is InChI=1S/C8H8N2O3/c1-13-8(12)5-2-6(4-11)7(9)10-3-5/h2-4H,1H3,(H2,9,10). The van der Waals surface area contributed by atoms with Crippen LogP contribution in [0.15, 0.2) is 12.3 Å². The minimum absolute atomic E-state index is 0.0997. The van der Waals surface area contributed by atoms with E-state index < -0.39 is 5.97 Å². The van der Waals surface area contributed by atoms with E-state index in [4.69, 9.17) is 5.73 Å². The molecule has 0 aromatic carbocycles. The lowest BCUT2D eigenvalue weighted by atomic mass is 10.2. The van der Waals surface area contributed by atoms with Crippen LogP contribution in [0.4, 0.5) is 5.82 Å². The van der Waals surface area contributed by atoms with Gasteiger partial charge in [0.05, 0.1) is 18.2 Å². The van der Waals surface area contributed by atoms with Gasteiger partial charge in [-0.2, -0.15) is 0 Å². The molecule has 0 aliphatic rings. The number of pyridine rings is 1. The molecule has 1 rings (SSSR count). The van der Waals surface area contributed by atoms with E-state index in [0.717, 1.165) is 0 Å². The number of nitrogens with zero attached hydrogens (tertiary/aromatic N) is 1. The Hall–Kier alpha value is -1.91. The predicted octanol–water partition coefficient (Wildman–Crippen LogP) is 0.263. The van der Waals surface area contributed by atoms with Gasteiger partial charge in [0.15, 0.2) is 6.29 Å². The fourth-order valence-corrected chi connectivity index (χ4v) is 0.816. The van der Waals surface area contributed by atoms with Crippen LogP contribution in [0.1, 0.15) is 20.7 Å². The zero-order valence-corrected chi connectivity index (χ0v) is 6.98. The van der Waals surface area contributed by atoms with Crippen molar-refractivity contribution < 1.29 is 14.3 Å². The molecule has 0 aliphatic carbocycles. The molecule has 1 heterocycles. The molecule has 0 saturated carbocycles. The summed E-state index contributed by atoms with van der Waals surface area (Å²) in [4.78, 5) is 25.1. The molecule has 0 aliphatic heterocycles. The van der Waals surface area contributed by atoms with Gasteiger partial charge in [0.1, 0.15) is 5.82 Å². The minimum Gasteiger partial charge on any atom is -0.465 e. The zero-order chi connectivity index (χ0) is 9.84. The summed E-state index contributed by atoms with van der Waals surface area (Å²) in [6.07, 6.45) is 1.79. The van der Waals surface area contributed by atoms with Crippen LogP contribution in [0.2, 0.25) is 0 Å². The van der Waals surface area contributed by atoms with Crippen LogP contribution in [0, 0.1) is 0 Å². The predicted molar refractivity (Wildman–Crippen MR) is 45.4 cm³/mol. The zero-order valence-electron chi connectivity index (χ0n) is 6.98. The molecule has 2 N–H and O–H groups in total. The second-order valence-corrected chi connectivity index (χ2v) is 2.31. The Kier molecular flexibility index (Phi) is 2.59. The Morgan fingerprint density at radius 2 is 2.38 bits per heavy atom. The number of methoxy groups -OCH3 is 1. The first kappa shape index (κ1) is 9.18. The molecule has 68 valence electrons. The molecule has 5 heteroatoms. The molecule has 0 unspecified atom stereocenters. The van der Waals surface area contributed by atoms with E-state index in [1.807, 2.05) is 0 Å². The topological polar surface area (TPSA) is 82.3 Å². The van der Waals surface area contributed by atoms with Crippen LogP contribution in [0.25, 0.3) is 0 Å². The van der Waals surface area contributed by atoms with Crippen molar-refractivity contribution in [2.24, 2.45) is 0 Å². The summed E-state index contributed by atoms with van der Waals surface area (Å²) in [5.41, 5.74) is 5.74. The number of hydrogen-bond acceptors (Lipinski definition) is 5. The number of esters is 1. The summed E-state index contributed by atoms with van der Waals surface area (Å²) in [5.74, 6) is -0.446. The second-order valence-electron chi connectivity index (χ2n) is 2.31. The first-order valence-electron chi connectivity index (χ1n) is 3.48. The monoisotopic (exact) mass is 180 g/mol. The maximum absolute atomic E-state index is 11.0. The number of nitrogen functional groups attached to an aromatic ring is 1. The SMILES string of the molecule is COC(=O)c1cnc(N)c(C=O)c1. The molecule has 0 saturated heterocycles. The highest BCUT2D eigenvalue weighted by Crippen LogP contribution is 2.08. The number of hydrogen-bond donors (Lipinski definition) is 1. The quantitative estimate of drug-likeness (QED) is 0.521. The Labute approximate surface area is 74.5 Å². The van der Waals surface area contributed by atoms with Gasteiger partial charge in [-0.1, -0.05) is 0 Å². The van der Waals surface area contributed by atoms with E-state index in [0.29, 0.717) is 6.29 Å². The van der Waals surface area contributed by atoms with E-state index in [9.17, 15) is 9.59 Å². The first-order valence-corrected chi connectivity index (χ1v) is 3.48. The fourth-order valence-electron chi connectivity index (χ4n) is 0.816. The number of nitrogens with two attached hydrogens (primary N) is 1. The number of carbonyl (C=O) groups is 2. The summed E-state index contributed by atoms with van der Waals surface area (Å²) in [6.45, 7) is 0. The summed E-state index contributed by atoms with van der Waals surface area (Å²) < 4.78 is 4.44. The molecular weight excluding hydrogens is 172 g/mol. The van der Waals surface area contributed by atoms with Crippen molar-refractivity contribution in [2.75, 3.05) is 12.8 Å². The summed E-state index contributed by atoms with van der Waals surface area (Å²) in [7, 11) is 1.25. The number of anilines is 1. The lowest BCUT2D eigenvalue weighted by Crippen LogP contribution is -2.05. The average Bonchev–Trinajstić information content (AvgIpc) is 2.17. The lowest BCUT2D eigenvalue weighted by Gasteiger charge is -2.00. The van der Waals surface area contributed by atoms with Crippen LogP contribution < -0.4 is 5.73 Å². The number of aromatic nitrogens is 1. The largest absolute Gasteiger partial charge is 0.465 e. The number of rotatable bonds is 2. The molecule has 0 atom stereocenters. The Balaban J connectivity index is 3.13. The molecule has 5 nitrogen and oxygen atoms in total. The van der Waals surface area contributed by atoms with Crippen LogP contribution in [-0.2, 0) is 4.74 Å². The summed E-state index contributed by atoms with van der Waals surface area (Å²) in [5, 5.41) is 0. The van der Waals surface area contributed by atoms with Gasteiger partial charge in [0.2, 0.25) is 0 Å². The Bertz CT molecular complexity index is 349. The van der Waals surface area contributed by atoms with Gasteiger partial charge in [-0.15, -0.1) is 0 Å². The normalized spacial score (nSPS) is 9.31. The summed E-state index contributed by atoms with van der Waals surface area (Å²) in [6, 6.07) is 1.33. The van der Waals surface area contributed by atoms with Gasteiger partial charge >= 0.3 is 5.97 Å². The molecule has 0 fully saturated rings. The Morgan fingerprint density at radius 3 is 2.92 bits per heavy atom. The van der Waals surface area contributed by atoms with Crippen molar-refractivity contribution in [1.29, 1.82) is 0 Å². The molecule has 0 radical (unpaired) electrons. The molecule has 0 bridgehead atoms. The van der Waals surface area contributed by atoms with Crippen LogP contribution in [-0.4, -0.2) is 24.3 Å². The van der Waals surface area contributed by atoms with Gasteiger partial charge in [0, 0.05) is 6.20 Å².